The third kappa shape index (κ3) is 4.52. The maximum atomic E-state index is 13.2. The van der Waals surface area contributed by atoms with Gasteiger partial charge in [0.2, 0.25) is 0 Å². The van der Waals surface area contributed by atoms with Crippen molar-refractivity contribution in [3.63, 3.8) is 0 Å². The second-order valence-electron chi connectivity index (χ2n) is 4.88. The third-order valence-corrected chi connectivity index (χ3v) is 4.19. The first kappa shape index (κ1) is 15.4. The summed E-state index contributed by atoms with van der Waals surface area (Å²) in [5, 5.41) is 4.45. The van der Waals surface area contributed by atoms with Gasteiger partial charge in [0.25, 0.3) is 0 Å². The second-order valence-corrected chi connectivity index (χ2v) is 6.04. The summed E-state index contributed by atoms with van der Waals surface area (Å²) >= 11 is 1.67. The summed E-state index contributed by atoms with van der Waals surface area (Å²) < 4.78 is 19.2. The van der Waals surface area contributed by atoms with Gasteiger partial charge in [-0.05, 0) is 30.6 Å². The van der Waals surface area contributed by atoms with Crippen molar-refractivity contribution in [3.8, 4) is 0 Å². The smallest absolute Gasteiger partial charge is 0.124 e. The zero-order chi connectivity index (χ0) is 14.4. The highest BCUT2D eigenvalue weighted by atomic mass is 32.1. The van der Waals surface area contributed by atoms with E-state index in [4.69, 9.17) is 4.74 Å². The molecule has 1 heterocycles. The fourth-order valence-electron chi connectivity index (χ4n) is 2.05. The first-order chi connectivity index (χ1) is 9.69. The number of benzene rings is 1. The minimum Gasteiger partial charge on any atom is -0.383 e. The van der Waals surface area contributed by atoms with Gasteiger partial charge in [-0.25, -0.2) is 4.39 Å². The summed E-state index contributed by atoms with van der Waals surface area (Å²) in [5.74, 6) is -0.165. The van der Waals surface area contributed by atoms with E-state index in [-0.39, 0.29) is 5.82 Å². The minimum absolute atomic E-state index is 0.165. The topological polar surface area (TPSA) is 24.5 Å². The summed E-state index contributed by atoms with van der Waals surface area (Å²) in [7, 11) is 3.81. The molecule has 0 radical (unpaired) electrons. The van der Waals surface area contributed by atoms with E-state index in [1.807, 2.05) is 6.07 Å². The Hall–Kier alpha value is -1.01. The van der Waals surface area contributed by atoms with Gasteiger partial charge in [-0.2, -0.15) is 0 Å². The van der Waals surface area contributed by atoms with E-state index < -0.39 is 0 Å². The maximum absolute atomic E-state index is 13.2. The molecule has 0 spiro atoms. The van der Waals surface area contributed by atoms with Crippen LogP contribution in [0, 0.1) is 5.82 Å². The van der Waals surface area contributed by atoms with Crippen LogP contribution in [0.3, 0.4) is 0 Å². The maximum Gasteiger partial charge on any atom is 0.124 e. The van der Waals surface area contributed by atoms with E-state index in [9.17, 15) is 4.39 Å². The molecular formula is C15H21FN2OS. The number of thiophene rings is 1. The Bertz CT molecular complexity index is 544. The van der Waals surface area contributed by atoms with Crippen LogP contribution < -0.4 is 5.32 Å². The Balaban J connectivity index is 1.81. The van der Waals surface area contributed by atoms with Gasteiger partial charge >= 0.3 is 0 Å². The Kier molecular flexibility index (Phi) is 5.91. The number of nitrogens with zero attached hydrogens (tertiary/aromatic N) is 1. The van der Waals surface area contributed by atoms with E-state index in [0.717, 1.165) is 42.9 Å². The minimum atomic E-state index is -0.165. The highest BCUT2D eigenvalue weighted by molar-refractivity contribution is 7.19. The van der Waals surface area contributed by atoms with Crippen LogP contribution in [-0.2, 0) is 11.3 Å². The highest BCUT2D eigenvalue weighted by Gasteiger charge is 2.05. The molecule has 5 heteroatoms. The largest absolute Gasteiger partial charge is 0.383 e. The Labute approximate surface area is 123 Å². The lowest BCUT2D eigenvalue weighted by Crippen LogP contribution is -2.30. The quantitative estimate of drug-likeness (QED) is 0.758. The SMILES string of the molecule is COCCNCCN(C)Cc1cc2ccc(F)cc2s1. The number of hydrogen-bond acceptors (Lipinski definition) is 4. The first-order valence-electron chi connectivity index (χ1n) is 6.75. The zero-order valence-corrected chi connectivity index (χ0v) is 12.8. The first-order valence-corrected chi connectivity index (χ1v) is 7.57. The molecule has 2 rings (SSSR count). The molecule has 110 valence electrons. The lowest BCUT2D eigenvalue weighted by Gasteiger charge is -2.15. The van der Waals surface area contributed by atoms with Crippen molar-refractivity contribution < 1.29 is 9.13 Å². The molecule has 0 amide bonds. The van der Waals surface area contributed by atoms with Crippen molar-refractivity contribution in [1.29, 1.82) is 0 Å². The van der Waals surface area contributed by atoms with Crippen molar-refractivity contribution in [3.05, 3.63) is 35.0 Å². The number of rotatable bonds is 8. The van der Waals surface area contributed by atoms with Crippen LogP contribution in [0.25, 0.3) is 10.1 Å². The van der Waals surface area contributed by atoms with Gasteiger partial charge in [0.05, 0.1) is 6.61 Å². The molecular weight excluding hydrogens is 275 g/mol. The number of likely N-dealkylation sites (N-methyl/N-ethyl adjacent to an activating group) is 1. The van der Waals surface area contributed by atoms with Crippen molar-refractivity contribution >= 4 is 21.4 Å². The highest BCUT2D eigenvalue weighted by Crippen LogP contribution is 2.26. The summed E-state index contributed by atoms with van der Waals surface area (Å²) in [4.78, 5) is 3.53. The van der Waals surface area contributed by atoms with Crippen molar-refractivity contribution in [1.82, 2.24) is 10.2 Å². The normalized spacial score (nSPS) is 11.6. The van der Waals surface area contributed by atoms with Crippen LogP contribution in [0.2, 0.25) is 0 Å². The summed E-state index contributed by atoms with van der Waals surface area (Å²) in [6.45, 7) is 4.44. The van der Waals surface area contributed by atoms with Crippen LogP contribution >= 0.6 is 11.3 Å². The monoisotopic (exact) mass is 296 g/mol. The van der Waals surface area contributed by atoms with Crippen LogP contribution in [-0.4, -0.2) is 45.3 Å². The van der Waals surface area contributed by atoms with Gasteiger partial charge in [0.1, 0.15) is 5.82 Å². The van der Waals surface area contributed by atoms with Gasteiger partial charge in [0, 0.05) is 42.9 Å². The summed E-state index contributed by atoms with van der Waals surface area (Å²) in [5.41, 5.74) is 0. The van der Waals surface area contributed by atoms with Gasteiger partial charge in [-0.3, -0.25) is 0 Å². The van der Waals surface area contributed by atoms with Crippen molar-refractivity contribution in [2.45, 2.75) is 6.54 Å². The molecule has 1 N–H and O–H groups in total. The Morgan fingerprint density at radius 1 is 1.30 bits per heavy atom. The molecule has 1 aromatic heterocycles. The van der Waals surface area contributed by atoms with Crippen molar-refractivity contribution in [2.24, 2.45) is 0 Å². The number of hydrogen-bond donors (Lipinski definition) is 1. The van der Waals surface area contributed by atoms with Crippen LogP contribution in [0.1, 0.15) is 4.88 Å². The molecule has 3 nitrogen and oxygen atoms in total. The van der Waals surface area contributed by atoms with Crippen LogP contribution in [0.5, 0.6) is 0 Å². The number of fused-ring (bicyclic) bond motifs is 1. The molecule has 0 unspecified atom stereocenters. The molecule has 2 aromatic rings. The standard InChI is InChI=1S/C15H21FN2OS/c1-18(7-5-17-6-8-19-2)11-14-9-12-3-4-13(16)10-15(12)20-14/h3-4,9-10,17H,5-8,11H2,1-2H3. The molecule has 0 aliphatic heterocycles. The van der Waals surface area contributed by atoms with Gasteiger partial charge in [-0.15, -0.1) is 11.3 Å². The molecule has 20 heavy (non-hydrogen) atoms. The van der Waals surface area contributed by atoms with E-state index >= 15 is 0 Å². The predicted octanol–water partition coefficient (Wildman–Crippen LogP) is 2.71. The van der Waals surface area contributed by atoms with Gasteiger partial charge in [0.15, 0.2) is 0 Å². The zero-order valence-electron chi connectivity index (χ0n) is 12.0. The van der Waals surface area contributed by atoms with Crippen LogP contribution in [0.15, 0.2) is 24.3 Å². The molecule has 0 saturated carbocycles. The average molecular weight is 296 g/mol. The molecule has 0 atom stereocenters. The molecule has 1 aromatic carbocycles. The molecule has 0 aliphatic rings. The van der Waals surface area contributed by atoms with Gasteiger partial charge < -0.3 is 15.0 Å². The lowest BCUT2D eigenvalue weighted by molar-refractivity contribution is 0.197. The van der Waals surface area contributed by atoms with Gasteiger partial charge in [-0.1, -0.05) is 6.07 Å². The second kappa shape index (κ2) is 7.69. The third-order valence-electron chi connectivity index (χ3n) is 3.11. The molecule has 0 fully saturated rings. The van der Waals surface area contributed by atoms with E-state index in [1.54, 1.807) is 24.5 Å². The fraction of sp³-hybridized carbons (Fsp3) is 0.467. The molecule has 0 saturated heterocycles. The van der Waals surface area contributed by atoms with E-state index in [1.165, 1.54) is 10.9 Å². The molecule has 0 bridgehead atoms. The predicted molar refractivity (Wildman–Crippen MR) is 82.9 cm³/mol. The number of ether oxygens (including phenoxy) is 1. The van der Waals surface area contributed by atoms with E-state index in [2.05, 4.69) is 23.3 Å². The lowest BCUT2D eigenvalue weighted by atomic mass is 10.2. The number of methoxy groups -OCH3 is 1. The Morgan fingerprint density at radius 2 is 2.15 bits per heavy atom. The molecule has 0 aliphatic carbocycles. The fourth-order valence-corrected chi connectivity index (χ4v) is 3.22. The Morgan fingerprint density at radius 3 is 2.95 bits per heavy atom. The van der Waals surface area contributed by atoms with E-state index in [0.29, 0.717) is 0 Å². The van der Waals surface area contributed by atoms with Crippen molar-refractivity contribution in [2.75, 3.05) is 40.4 Å². The average Bonchev–Trinajstić information content (AvgIpc) is 2.79. The summed E-state index contributed by atoms with van der Waals surface area (Å²) in [6.07, 6.45) is 0. The van der Waals surface area contributed by atoms with Crippen LogP contribution in [0.4, 0.5) is 4.39 Å². The summed E-state index contributed by atoms with van der Waals surface area (Å²) in [6, 6.07) is 7.11. The number of halogens is 1. The number of nitrogens with one attached hydrogen (secondary N) is 1.